The number of carbonyl (C=O) groups is 3. The van der Waals surface area contributed by atoms with Crippen LogP contribution in [0, 0.1) is 5.82 Å². The van der Waals surface area contributed by atoms with Crippen LogP contribution in [0.3, 0.4) is 0 Å². The van der Waals surface area contributed by atoms with E-state index >= 15 is 0 Å². The maximum Gasteiger partial charge on any atom is 0.335 e. The lowest BCUT2D eigenvalue weighted by atomic mass is 10.1. The van der Waals surface area contributed by atoms with Gasteiger partial charge in [0.05, 0.1) is 5.69 Å². The predicted molar refractivity (Wildman–Crippen MR) is 112 cm³/mol. The molecule has 1 aromatic heterocycles. The summed E-state index contributed by atoms with van der Waals surface area (Å²) in [4.78, 5) is 38.6. The van der Waals surface area contributed by atoms with Gasteiger partial charge in [-0.3, -0.25) is 14.9 Å². The number of anilines is 1. The van der Waals surface area contributed by atoms with Gasteiger partial charge >= 0.3 is 6.03 Å². The van der Waals surface area contributed by atoms with E-state index in [-0.39, 0.29) is 17.3 Å². The number of rotatable bonds is 4. The van der Waals surface area contributed by atoms with Gasteiger partial charge in [-0.05, 0) is 49.8 Å². The van der Waals surface area contributed by atoms with Crippen LogP contribution in [0.4, 0.5) is 14.9 Å². The van der Waals surface area contributed by atoms with Gasteiger partial charge in [-0.2, -0.15) is 0 Å². The zero-order chi connectivity index (χ0) is 21.4. The molecule has 7 heteroatoms. The number of amides is 4. The number of aromatic nitrogens is 1. The molecule has 1 unspecified atom stereocenters. The Morgan fingerprint density at radius 3 is 2.47 bits per heavy atom. The first kappa shape index (κ1) is 19.6. The van der Waals surface area contributed by atoms with E-state index in [2.05, 4.69) is 23.7 Å². The summed E-state index contributed by atoms with van der Waals surface area (Å²) in [5.74, 6) is -2.01. The average molecular weight is 405 g/mol. The van der Waals surface area contributed by atoms with Crippen LogP contribution in [0.2, 0.25) is 0 Å². The second-order valence-electron chi connectivity index (χ2n) is 7.20. The van der Waals surface area contributed by atoms with Gasteiger partial charge in [0.25, 0.3) is 11.8 Å². The maximum atomic E-state index is 13.2. The number of benzene rings is 2. The summed E-state index contributed by atoms with van der Waals surface area (Å²) >= 11 is 0. The highest BCUT2D eigenvalue weighted by Gasteiger charge is 2.37. The number of urea groups is 1. The minimum absolute atomic E-state index is 0.161. The summed E-state index contributed by atoms with van der Waals surface area (Å²) in [7, 11) is 0. The lowest BCUT2D eigenvalue weighted by Crippen LogP contribution is -2.54. The van der Waals surface area contributed by atoms with E-state index in [9.17, 15) is 18.8 Å². The number of nitrogens with zero attached hydrogens (tertiary/aromatic N) is 2. The Labute approximate surface area is 172 Å². The number of barbiturate groups is 1. The van der Waals surface area contributed by atoms with Crippen molar-refractivity contribution >= 4 is 40.5 Å². The largest absolute Gasteiger partial charge is 0.344 e. The van der Waals surface area contributed by atoms with Crippen molar-refractivity contribution in [2.45, 2.75) is 26.3 Å². The quantitative estimate of drug-likeness (QED) is 0.516. The summed E-state index contributed by atoms with van der Waals surface area (Å²) in [6.45, 7) is 4.18. The number of imide groups is 2. The molecule has 6 nitrogen and oxygen atoms in total. The Balaban J connectivity index is 1.81. The number of para-hydroxylation sites is 1. The molecule has 1 saturated heterocycles. The van der Waals surface area contributed by atoms with Crippen molar-refractivity contribution < 1.29 is 18.8 Å². The van der Waals surface area contributed by atoms with Gasteiger partial charge in [0.1, 0.15) is 11.4 Å². The molecule has 1 aliphatic rings. The van der Waals surface area contributed by atoms with Crippen molar-refractivity contribution in [1.82, 2.24) is 9.88 Å². The van der Waals surface area contributed by atoms with Crippen molar-refractivity contribution in [3.63, 3.8) is 0 Å². The normalized spacial score (nSPS) is 17.0. The first-order chi connectivity index (χ1) is 14.4. The molecule has 4 amide bonds. The zero-order valence-corrected chi connectivity index (χ0v) is 16.6. The van der Waals surface area contributed by atoms with Crippen LogP contribution in [-0.2, 0) is 9.59 Å². The van der Waals surface area contributed by atoms with Crippen LogP contribution in [-0.4, -0.2) is 22.4 Å². The number of nitrogens with one attached hydrogen (secondary N) is 1. The van der Waals surface area contributed by atoms with E-state index in [1.54, 1.807) is 0 Å². The minimum Gasteiger partial charge on any atom is -0.344 e. The number of hydrogen-bond donors (Lipinski definition) is 1. The summed E-state index contributed by atoms with van der Waals surface area (Å²) < 4.78 is 15.4. The van der Waals surface area contributed by atoms with Crippen LogP contribution in [0.5, 0.6) is 0 Å². The first-order valence-electron chi connectivity index (χ1n) is 9.67. The molecule has 3 aromatic rings. The highest BCUT2D eigenvalue weighted by Crippen LogP contribution is 2.29. The molecule has 0 bridgehead atoms. The van der Waals surface area contributed by atoms with Gasteiger partial charge in [-0.15, -0.1) is 0 Å². The van der Waals surface area contributed by atoms with Gasteiger partial charge in [0, 0.05) is 28.7 Å². The molecule has 0 saturated carbocycles. The number of carbonyl (C=O) groups excluding carboxylic acids is 3. The molecule has 2 aromatic carbocycles. The smallest absolute Gasteiger partial charge is 0.335 e. The lowest BCUT2D eigenvalue weighted by molar-refractivity contribution is -0.122. The van der Waals surface area contributed by atoms with E-state index < -0.39 is 23.7 Å². The lowest BCUT2D eigenvalue weighted by Gasteiger charge is -2.26. The van der Waals surface area contributed by atoms with Gasteiger partial charge < -0.3 is 4.57 Å². The monoisotopic (exact) mass is 405 g/mol. The fourth-order valence-corrected chi connectivity index (χ4v) is 3.55. The SMILES string of the molecule is CCC(C)n1cc(C=C2C(=O)NC(=O)N(c3ccc(F)cc3)C2=O)c2ccccc21. The van der Waals surface area contributed by atoms with Crippen LogP contribution in [0.1, 0.15) is 31.9 Å². The van der Waals surface area contributed by atoms with E-state index in [4.69, 9.17) is 0 Å². The Kier molecular flexibility index (Phi) is 4.95. The molecule has 1 aliphatic heterocycles. The van der Waals surface area contributed by atoms with E-state index in [1.807, 2.05) is 30.5 Å². The maximum absolute atomic E-state index is 13.2. The van der Waals surface area contributed by atoms with E-state index in [0.29, 0.717) is 5.56 Å². The number of hydrogen-bond acceptors (Lipinski definition) is 3. The molecule has 30 heavy (non-hydrogen) atoms. The van der Waals surface area contributed by atoms with Crippen molar-refractivity contribution in [3.05, 3.63) is 71.7 Å². The molecule has 2 heterocycles. The molecule has 152 valence electrons. The second-order valence-corrected chi connectivity index (χ2v) is 7.20. The van der Waals surface area contributed by atoms with Crippen molar-refractivity contribution in [1.29, 1.82) is 0 Å². The highest BCUT2D eigenvalue weighted by molar-refractivity contribution is 6.39. The summed E-state index contributed by atoms with van der Waals surface area (Å²) in [5.41, 5.74) is 1.72. The molecule has 1 N–H and O–H groups in total. The average Bonchev–Trinajstić information content (AvgIpc) is 3.10. The zero-order valence-electron chi connectivity index (χ0n) is 16.6. The van der Waals surface area contributed by atoms with Gasteiger partial charge in [0.2, 0.25) is 0 Å². The Morgan fingerprint density at radius 1 is 1.07 bits per heavy atom. The molecule has 0 spiro atoms. The standard InChI is InChI=1S/C23H20FN3O3/c1-3-14(2)26-13-15(18-6-4-5-7-20(18)26)12-19-21(28)25-23(30)27(22(19)29)17-10-8-16(24)9-11-17/h4-14H,3H2,1-2H3,(H,25,28,30). The number of fused-ring (bicyclic) bond motifs is 1. The van der Waals surface area contributed by atoms with Crippen molar-refractivity contribution in [3.8, 4) is 0 Å². The first-order valence-corrected chi connectivity index (χ1v) is 9.67. The van der Waals surface area contributed by atoms with Gasteiger partial charge in [0.15, 0.2) is 0 Å². The topological polar surface area (TPSA) is 71.4 Å². The predicted octanol–water partition coefficient (Wildman–Crippen LogP) is 4.42. The third-order valence-electron chi connectivity index (χ3n) is 5.32. The summed E-state index contributed by atoms with van der Waals surface area (Å²) in [6, 6.07) is 12.0. The van der Waals surface area contributed by atoms with E-state index in [1.165, 1.54) is 18.2 Å². The molecular formula is C23H20FN3O3. The Bertz CT molecular complexity index is 1190. The van der Waals surface area contributed by atoms with Crippen molar-refractivity contribution in [2.75, 3.05) is 4.90 Å². The number of halogens is 1. The van der Waals surface area contributed by atoms with E-state index in [0.717, 1.165) is 34.4 Å². The summed E-state index contributed by atoms with van der Waals surface area (Å²) in [5, 5.41) is 3.09. The molecule has 1 atom stereocenters. The third kappa shape index (κ3) is 3.28. The highest BCUT2D eigenvalue weighted by atomic mass is 19.1. The molecule has 0 aliphatic carbocycles. The molecule has 4 rings (SSSR count). The fraction of sp³-hybridized carbons (Fsp3) is 0.174. The van der Waals surface area contributed by atoms with Crippen LogP contribution in [0.15, 0.2) is 60.3 Å². The molecule has 0 radical (unpaired) electrons. The third-order valence-corrected chi connectivity index (χ3v) is 5.32. The Hall–Kier alpha value is -3.74. The van der Waals surface area contributed by atoms with Gasteiger partial charge in [-0.1, -0.05) is 25.1 Å². The fourth-order valence-electron chi connectivity index (χ4n) is 3.55. The van der Waals surface area contributed by atoms with Gasteiger partial charge in [-0.25, -0.2) is 14.1 Å². The molecular weight excluding hydrogens is 385 g/mol. The molecule has 1 fully saturated rings. The van der Waals surface area contributed by atoms with Crippen LogP contribution >= 0.6 is 0 Å². The second kappa shape index (κ2) is 7.59. The van der Waals surface area contributed by atoms with Crippen LogP contribution < -0.4 is 10.2 Å². The Morgan fingerprint density at radius 2 is 1.77 bits per heavy atom. The van der Waals surface area contributed by atoms with Crippen LogP contribution in [0.25, 0.3) is 17.0 Å². The minimum atomic E-state index is -0.865. The van der Waals surface area contributed by atoms with Crippen molar-refractivity contribution in [2.24, 2.45) is 0 Å². The summed E-state index contributed by atoms with van der Waals surface area (Å²) in [6.07, 6.45) is 4.33.